The third-order valence-electron chi connectivity index (χ3n) is 3.31. The average Bonchev–Trinajstić information content (AvgIpc) is 2.54. The van der Waals surface area contributed by atoms with E-state index in [1.165, 1.54) is 12.3 Å². The number of benzene rings is 1. The smallest absolute Gasteiger partial charge is 0.242 e. The maximum atomic E-state index is 12.5. The van der Waals surface area contributed by atoms with Crippen LogP contribution >= 0.6 is 0 Å². The van der Waals surface area contributed by atoms with Crippen molar-refractivity contribution in [3.63, 3.8) is 0 Å². The average molecular weight is 335 g/mol. The molecular weight excluding hydrogens is 314 g/mol. The first-order valence-electron chi connectivity index (χ1n) is 7.13. The minimum Gasteiger partial charge on any atom is -0.497 e. The molecule has 0 aliphatic carbocycles. The van der Waals surface area contributed by atoms with E-state index in [4.69, 9.17) is 4.74 Å². The Morgan fingerprint density at radius 3 is 2.43 bits per heavy atom. The number of aromatic nitrogens is 1. The van der Waals surface area contributed by atoms with Gasteiger partial charge in [-0.2, -0.15) is 0 Å². The zero-order valence-corrected chi connectivity index (χ0v) is 14.2. The number of nitrogens with one attached hydrogen (secondary N) is 1. The summed E-state index contributed by atoms with van der Waals surface area (Å²) in [5, 5.41) is 0. The van der Waals surface area contributed by atoms with Gasteiger partial charge in [-0.1, -0.05) is 12.1 Å². The van der Waals surface area contributed by atoms with Crippen molar-refractivity contribution in [3.05, 3.63) is 54.4 Å². The first kappa shape index (κ1) is 17.4. The van der Waals surface area contributed by atoms with Crippen molar-refractivity contribution in [2.75, 3.05) is 27.7 Å². The van der Waals surface area contributed by atoms with E-state index < -0.39 is 10.0 Å². The molecule has 7 heteroatoms. The third kappa shape index (κ3) is 4.75. The van der Waals surface area contributed by atoms with Crippen LogP contribution in [-0.4, -0.2) is 46.1 Å². The van der Waals surface area contributed by atoms with Crippen LogP contribution in [0.1, 0.15) is 11.6 Å². The highest BCUT2D eigenvalue weighted by Crippen LogP contribution is 2.20. The molecule has 1 N–H and O–H groups in total. The highest BCUT2D eigenvalue weighted by atomic mass is 32.2. The van der Waals surface area contributed by atoms with Crippen LogP contribution in [0.5, 0.6) is 5.75 Å². The van der Waals surface area contributed by atoms with Gasteiger partial charge in [-0.15, -0.1) is 0 Å². The summed E-state index contributed by atoms with van der Waals surface area (Å²) in [6.45, 7) is 0.534. The molecule has 1 aromatic carbocycles. The molecule has 1 aromatic heterocycles. The molecule has 0 fully saturated rings. The van der Waals surface area contributed by atoms with Crippen LogP contribution in [0.25, 0.3) is 0 Å². The van der Waals surface area contributed by atoms with Crippen molar-refractivity contribution in [2.45, 2.75) is 10.9 Å². The van der Waals surface area contributed by atoms with Gasteiger partial charge in [0, 0.05) is 18.9 Å². The SMILES string of the molecule is COc1ccc([C@H](CN(C)C)NS(=O)(=O)c2cccnc2)cc1. The lowest BCUT2D eigenvalue weighted by molar-refractivity contribution is 0.363. The lowest BCUT2D eigenvalue weighted by Crippen LogP contribution is -2.35. The van der Waals surface area contributed by atoms with Crippen LogP contribution in [0.15, 0.2) is 53.7 Å². The van der Waals surface area contributed by atoms with Gasteiger partial charge in [-0.05, 0) is 43.9 Å². The minimum absolute atomic E-state index is 0.150. The second-order valence-corrected chi connectivity index (χ2v) is 7.11. The summed E-state index contributed by atoms with van der Waals surface area (Å²) >= 11 is 0. The van der Waals surface area contributed by atoms with Crippen LogP contribution < -0.4 is 9.46 Å². The number of likely N-dealkylation sites (N-methyl/N-ethyl adjacent to an activating group) is 1. The van der Waals surface area contributed by atoms with Crippen LogP contribution in [0.2, 0.25) is 0 Å². The molecule has 0 radical (unpaired) electrons. The van der Waals surface area contributed by atoms with Crippen LogP contribution in [0.4, 0.5) is 0 Å². The van der Waals surface area contributed by atoms with Crippen molar-refractivity contribution in [2.24, 2.45) is 0 Å². The summed E-state index contributed by atoms with van der Waals surface area (Å²) in [4.78, 5) is 5.95. The molecular formula is C16H21N3O3S. The van der Waals surface area contributed by atoms with E-state index in [9.17, 15) is 8.42 Å². The molecule has 0 aliphatic rings. The third-order valence-corrected chi connectivity index (χ3v) is 4.76. The van der Waals surface area contributed by atoms with Gasteiger partial charge in [0.1, 0.15) is 10.6 Å². The molecule has 0 saturated carbocycles. The molecule has 0 spiro atoms. The van der Waals surface area contributed by atoms with Crippen molar-refractivity contribution in [1.29, 1.82) is 0 Å². The second kappa shape index (κ2) is 7.54. The number of rotatable bonds is 7. The van der Waals surface area contributed by atoms with Crippen molar-refractivity contribution < 1.29 is 13.2 Å². The summed E-state index contributed by atoms with van der Waals surface area (Å²) < 4.78 is 32.9. The van der Waals surface area contributed by atoms with E-state index in [0.717, 1.165) is 11.3 Å². The van der Waals surface area contributed by atoms with Crippen molar-refractivity contribution in [1.82, 2.24) is 14.6 Å². The Morgan fingerprint density at radius 2 is 1.91 bits per heavy atom. The lowest BCUT2D eigenvalue weighted by Gasteiger charge is -2.23. The monoisotopic (exact) mass is 335 g/mol. The Morgan fingerprint density at radius 1 is 1.22 bits per heavy atom. The van der Waals surface area contributed by atoms with Gasteiger partial charge in [0.15, 0.2) is 0 Å². The lowest BCUT2D eigenvalue weighted by atomic mass is 10.1. The van der Waals surface area contributed by atoms with Crippen molar-refractivity contribution >= 4 is 10.0 Å². The van der Waals surface area contributed by atoms with Crippen LogP contribution in [-0.2, 0) is 10.0 Å². The van der Waals surface area contributed by atoms with Gasteiger partial charge < -0.3 is 9.64 Å². The zero-order valence-electron chi connectivity index (χ0n) is 13.4. The number of nitrogens with zero attached hydrogens (tertiary/aromatic N) is 2. The molecule has 0 bridgehead atoms. The first-order valence-corrected chi connectivity index (χ1v) is 8.62. The molecule has 2 rings (SSSR count). The predicted molar refractivity (Wildman–Crippen MR) is 88.8 cm³/mol. The largest absolute Gasteiger partial charge is 0.497 e. The van der Waals surface area contributed by atoms with Gasteiger partial charge in [-0.3, -0.25) is 4.98 Å². The molecule has 0 saturated heterocycles. The Hall–Kier alpha value is -1.96. The summed E-state index contributed by atoms with van der Waals surface area (Å²) in [6.07, 6.45) is 2.88. The predicted octanol–water partition coefficient (Wildman–Crippen LogP) is 1.67. The van der Waals surface area contributed by atoms with Crippen LogP contribution in [0.3, 0.4) is 0 Å². The quantitative estimate of drug-likeness (QED) is 0.833. The Kier molecular flexibility index (Phi) is 5.70. The minimum atomic E-state index is -3.64. The molecule has 6 nitrogen and oxygen atoms in total. The fraction of sp³-hybridized carbons (Fsp3) is 0.312. The maximum absolute atomic E-state index is 12.5. The van der Waals surface area contributed by atoms with E-state index in [-0.39, 0.29) is 10.9 Å². The number of methoxy groups -OCH3 is 1. The standard InChI is InChI=1S/C16H21N3O3S/c1-19(2)12-16(13-6-8-14(22-3)9-7-13)18-23(20,21)15-5-4-10-17-11-15/h4-11,16,18H,12H2,1-3H3/t16-/m0/s1. The number of pyridine rings is 1. The number of hydrogen-bond donors (Lipinski definition) is 1. The Bertz CT molecular complexity index is 716. The van der Waals surface area contributed by atoms with E-state index in [2.05, 4.69) is 9.71 Å². The van der Waals surface area contributed by atoms with Crippen molar-refractivity contribution in [3.8, 4) is 5.75 Å². The molecule has 124 valence electrons. The Labute approximate surface area is 137 Å². The number of sulfonamides is 1. The molecule has 0 aliphatic heterocycles. The fourth-order valence-electron chi connectivity index (χ4n) is 2.17. The second-order valence-electron chi connectivity index (χ2n) is 5.40. The summed E-state index contributed by atoms with van der Waals surface area (Å²) in [7, 11) is 1.75. The molecule has 0 unspecified atom stereocenters. The summed E-state index contributed by atoms with van der Waals surface area (Å²) in [5.74, 6) is 0.729. The molecule has 1 atom stereocenters. The molecule has 1 heterocycles. The Balaban J connectivity index is 2.28. The molecule has 2 aromatic rings. The summed E-state index contributed by atoms with van der Waals surface area (Å²) in [6, 6.07) is 10.1. The fourth-order valence-corrected chi connectivity index (χ4v) is 3.35. The highest BCUT2D eigenvalue weighted by Gasteiger charge is 2.22. The highest BCUT2D eigenvalue weighted by molar-refractivity contribution is 7.89. The van der Waals surface area contributed by atoms with Gasteiger partial charge in [0.05, 0.1) is 13.2 Å². The first-order chi connectivity index (χ1) is 10.9. The van der Waals surface area contributed by atoms with E-state index in [1.54, 1.807) is 19.4 Å². The maximum Gasteiger partial charge on any atom is 0.242 e. The number of ether oxygens (including phenoxy) is 1. The normalized spacial score (nSPS) is 13.0. The zero-order chi connectivity index (χ0) is 16.9. The van der Waals surface area contributed by atoms with E-state index >= 15 is 0 Å². The molecule has 0 amide bonds. The van der Waals surface area contributed by atoms with Gasteiger partial charge in [0.25, 0.3) is 0 Å². The van der Waals surface area contributed by atoms with Gasteiger partial charge in [0.2, 0.25) is 10.0 Å². The van der Waals surface area contributed by atoms with Gasteiger partial charge in [-0.25, -0.2) is 13.1 Å². The molecule has 23 heavy (non-hydrogen) atoms. The topological polar surface area (TPSA) is 71.5 Å². The van der Waals surface area contributed by atoms with Crippen LogP contribution in [0, 0.1) is 0 Å². The summed E-state index contributed by atoms with van der Waals surface area (Å²) in [5.41, 5.74) is 0.868. The number of hydrogen-bond acceptors (Lipinski definition) is 5. The van der Waals surface area contributed by atoms with E-state index in [0.29, 0.717) is 6.54 Å². The van der Waals surface area contributed by atoms with Gasteiger partial charge >= 0.3 is 0 Å². The van der Waals surface area contributed by atoms with E-state index in [1.807, 2.05) is 43.3 Å².